The molecule has 2 N–H and O–H groups in total. The van der Waals surface area contributed by atoms with Crippen molar-refractivity contribution in [2.24, 2.45) is 5.73 Å². The second-order valence-corrected chi connectivity index (χ2v) is 5.66. The van der Waals surface area contributed by atoms with Crippen molar-refractivity contribution in [3.05, 3.63) is 47.3 Å². The van der Waals surface area contributed by atoms with Gasteiger partial charge in [0, 0.05) is 23.8 Å². The van der Waals surface area contributed by atoms with Crippen molar-refractivity contribution in [3.8, 4) is 5.75 Å². The van der Waals surface area contributed by atoms with Crippen LogP contribution in [0.5, 0.6) is 5.75 Å². The van der Waals surface area contributed by atoms with Gasteiger partial charge in [-0.2, -0.15) is 5.10 Å². The fourth-order valence-corrected chi connectivity index (χ4v) is 2.18. The van der Waals surface area contributed by atoms with E-state index in [4.69, 9.17) is 10.5 Å². The molecule has 1 aromatic heterocycles. The Hall–Kier alpha value is -1.81. The van der Waals surface area contributed by atoms with Gasteiger partial charge in [-0.3, -0.25) is 4.68 Å². The number of ether oxygens (including phenoxy) is 1. The summed E-state index contributed by atoms with van der Waals surface area (Å²) in [5.41, 5.74) is 9.13. The Labute approximate surface area is 126 Å². The number of aryl methyl sites for hydroxylation is 1. The van der Waals surface area contributed by atoms with E-state index in [2.05, 4.69) is 31.9 Å². The third-order valence-corrected chi connectivity index (χ3v) is 3.74. The molecule has 0 saturated heterocycles. The molecule has 4 nitrogen and oxygen atoms in total. The zero-order valence-corrected chi connectivity index (χ0v) is 13.3. The van der Waals surface area contributed by atoms with Gasteiger partial charge in [-0.05, 0) is 44.9 Å². The number of nitrogens with two attached hydrogens (primary N) is 1. The van der Waals surface area contributed by atoms with Gasteiger partial charge in [0.25, 0.3) is 0 Å². The third-order valence-electron chi connectivity index (χ3n) is 3.74. The average Bonchev–Trinajstić information content (AvgIpc) is 2.93. The third kappa shape index (κ3) is 3.85. The molecule has 0 radical (unpaired) electrons. The molecule has 0 amide bonds. The molecule has 1 heterocycles. The van der Waals surface area contributed by atoms with Crippen molar-refractivity contribution < 1.29 is 4.74 Å². The minimum absolute atomic E-state index is 0.0433. The monoisotopic (exact) mass is 287 g/mol. The smallest absolute Gasteiger partial charge is 0.132 e. The highest BCUT2D eigenvalue weighted by atomic mass is 16.5. The van der Waals surface area contributed by atoms with Crippen LogP contribution in [0.1, 0.15) is 56.1 Å². The fourth-order valence-electron chi connectivity index (χ4n) is 2.18. The first-order valence-electron chi connectivity index (χ1n) is 7.54. The predicted molar refractivity (Wildman–Crippen MR) is 85.3 cm³/mol. The van der Waals surface area contributed by atoms with Gasteiger partial charge in [-0.15, -0.1) is 0 Å². The molecule has 2 aromatic rings. The van der Waals surface area contributed by atoms with Crippen LogP contribution in [-0.2, 0) is 6.61 Å². The molecule has 0 aliphatic carbocycles. The zero-order chi connectivity index (χ0) is 15.4. The fraction of sp³-hybridized carbons (Fsp3) is 0.471. The van der Waals surface area contributed by atoms with E-state index < -0.39 is 0 Å². The van der Waals surface area contributed by atoms with Crippen molar-refractivity contribution in [2.45, 2.75) is 52.8 Å². The number of hydrogen-bond acceptors (Lipinski definition) is 3. The summed E-state index contributed by atoms with van der Waals surface area (Å²) in [6.07, 6.45) is 3.07. The first-order valence-corrected chi connectivity index (χ1v) is 7.54. The Morgan fingerprint density at radius 1 is 1.29 bits per heavy atom. The van der Waals surface area contributed by atoms with Crippen LogP contribution in [0.2, 0.25) is 0 Å². The standard InChI is InChI=1S/C17H25N3O/c1-5-13(3)20-9-8-15(19-20)11-21-17-10-12(2)6-7-16(17)14(4)18/h6-10,13-14H,5,11,18H2,1-4H3/t13?,14-/m1/s1. The molecule has 0 bridgehead atoms. The van der Waals surface area contributed by atoms with Gasteiger partial charge in [0.2, 0.25) is 0 Å². The summed E-state index contributed by atoms with van der Waals surface area (Å²) in [6.45, 7) is 8.80. The van der Waals surface area contributed by atoms with Gasteiger partial charge >= 0.3 is 0 Å². The van der Waals surface area contributed by atoms with Crippen LogP contribution >= 0.6 is 0 Å². The normalized spacial score (nSPS) is 14.0. The molecule has 21 heavy (non-hydrogen) atoms. The van der Waals surface area contributed by atoms with E-state index in [1.807, 2.05) is 36.0 Å². The number of nitrogens with zero attached hydrogens (tertiary/aromatic N) is 2. The van der Waals surface area contributed by atoms with Gasteiger partial charge in [-0.1, -0.05) is 19.1 Å². The Kier molecular flexibility index (Phi) is 5.02. The lowest BCUT2D eigenvalue weighted by Crippen LogP contribution is -2.09. The van der Waals surface area contributed by atoms with E-state index in [-0.39, 0.29) is 6.04 Å². The molecule has 0 spiro atoms. The van der Waals surface area contributed by atoms with Gasteiger partial charge in [0.15, 0.2) is 0 Å². The summed E-state index contributed by atoms with van der Waals surface area (Å²) in [5, 5.41) is 4.55. The summed E-state index contributed by atoms with van der Waals surface area (Å²) in [7, 11) is 0. The van der Waals surface area contributed by atoms with E-state index in [1.54, 1.807) is 0 Å². The molecule has 4 heteroatoms. The molecular weight excluding hydrogens is 262 g/mol. The molecule has 114 valence electrons. The average molecular weight is 287 g/mol. The van der Waals surface area contributed by atoms with Crippen molar-refractivity contribution in [3.63, 3.8) is 0 Å². The SMILES string of the molecule is CCC(C)n1ccc(COc2cc(C)ccc2[C@@H](C)N)n1. The molecule has 2 rings (SSSR count). The first kappa shape index (κ1) is 15.6. The summed E-state index contributed by atoms with van der Waals surface area (Å²) in [5.74, 6) is 0.850. The Balaban J connectivity index is 2.09. The summed E-state index contributed by atoms with van der Waals surface area (Å²) in [4.78, 5) is 0. The van der Waals surface area contributed by atoms with Crippen LogP contribution in [0.25, 0.3) is 0 Å². The summed E-state index contributed by atoms with van der Waals surface area (Å²) >= 11 is 0. The van der Waals surface area contributed by atoms with Crippen molar-refractivity contribution in [1.82, 2.24) is 9.78 Å². The minimum Gasteiger partial charge on any atom is -0.487 e. The van der Waals surface area contributed by atoms with E-state index >= 15 is 0 Å². The quantitative estimate of drug-likeness (QED) is 0.880. The molecule has 0 fully saturated rings. The van der Waals surface area contributed by atoms with Gasteiger partial charge < -0.3 is 10.5 Å². The second kappa shape index (κ2) is 6.76. The summed E-state index contributed by atoms with van der Waals surface area (Å²) in [6, 6.07) is 8.50. The van der Waals surface area contributed by atoms with Gasteiger partial charge in [-0.25, -0.2) is 0 Å². The van der Waals surface area contributed by atoms with Crippen LogP contribution in [0, 0.1) is 6.92 Å². The maximum atomic E-state index is 6.00. The molecule has 0 aliphatic rings. The van der Waals surface area contributed by atoms with Crippen molar-refractivity contribution >= 4 is 0 Å². The number of aromatic nitrogens is 2. The topological polar surface area (TPSA) is 53.1 Å². The Morgan fingerprint density at radius 2 is 2.05 bits per heavy atom. The number of rotatable bonds is 6. The minimum atomic E-state index is -0.0433. The second-order valence-electron chi connectivity index (χ2n) is 5.66. The van der Waals surface area contributed by atoms with Crippen LogP contribution in [0.4, 0.5) is 0 Å². The highest BCUT2D eigenvalue weighted by molar-refractivity contribution is 5.39. The maximum absolute atomic E-state index is 6.00. The van der Waals surface area contributed by atoms with Crippen molar-refractivity contribution in [2.75, 3.05) is 0 Å². The van der Waals surface area contributed by atoms with Gasteiger partial charge in [0.1, 0.15) is 12.4 Å². The first-order chi connectivity index (χ1) is 10.0. The van der Waals surface area contributed by atoms with Crippen LogP contribution in [-0.4, -0.2) is 9.78 Å². The predicted octanol–water partition coefficient (Wildman–Crippen LogP) is 3.76. The molecule has 1 aromatic carbocycles. The highest BCUT2D eigenvalue weighted by Crippen LogP contribution is 2.25. The Bertz CT molecular complexity index is 589. The zero-order valence-electron chi connectivity index (χ0n) is 13.3. The van der Waals surface area contributed by atoms with E-state index in [9.17, 15) is 0 Å². The van der Waals surface area contributed by atoms with Crippen molar-refractivity contribution in [1.29, 1.82) is 0 Å². The highest BCUT2D eigenvalue weighted by Gasteiger charge is 2.10. The molecule has 0 saturated carbocycles. The Morgan fingerprint density at radius 3 is 2.71 bits per heavy atom. The number of benzene rings is 1. The molecular formula is C17H25N3O. The van der Waals surface area contributed by atoms with Gasteiger partial charge in [0.05, 0.1) is 5.69 Å². The lowest BCUT2D eigenvalue weighted by Gasteiger charge is -2.14. The maximum Gasteiger partial charge on any atom is 0.132 e. The van der Waals surface area contributed by atoms with E-state index in [0.717, 1.165) is 23.4 Å². The van der Waals surface area contributed by atoms with Crippen LogP contribution in [0.3, 0.4) is 0 Å². The molecule has 1 unspecified atom stereocenters. The molecule has 2 atom stereocenters. The summed E-state index contributed by atoms with van der Waals surface area (Å²) < 4.78 is 7.92. The lowest BCUT2D eigenvalue weighted by molar-refractivity contribution is 0.293. The van der Waals surface area contributed by atoms with E-state index in [1.165, 1.54) is 5.56 Å². The molecule has 0 aliphatic heterocycles. The largest absolute Gasteiger partial charge is 0.487 e. The van der Waals surface area contributed by atoms with E-state index in [0.29, 0.717) is 12.6 Å². The van der Waals surface area contributed by atoms with Crippen LogP contribution < -0.4 is 10.5 Å². The lowest BCUT2D eigenvalue weighted by atomic mass is 10.1. The number of hydrogen-bond donors (Lipinski definition) is 1. The van der Waals surface area contributed by atoms with Crippen LogP contribution in [0.15, 0.2) is 30.5 Å².